The predicted molar refractivity (Wildman–Crippen MR) is 142 cm³/mol. The van der Waals surface area contributed by atoms with E-state index in [-0.39, 0.29) is 29.4 Å². The molecule has 1 aliphatic heterocycles. The van der Waals surface area contributed by atoms with Crippen LogP contribution in [0.2, 0.25) is 0 Å². The van der Waals surface area contributed by atoms with Crippen LogP contribution in [0, 0.1) is 5.92 Å². The van der Waals surface area contributed by atoms with E-state index >= 15 is 0 Å². The first-order valence-corrected chi connectivity index (χ1v) is 13.6. The molecule has 2 aromatic rings. The molecule has 0 atom stereocenters. The zero-order valence-corrected chi connectivity index (χ0v) is 22.6. The number of Topliss-reactive ketones (excluding diaryl/α,β-unsaturated/α-hetero) is 1. The number of nitrogens with zero attached hydrogens (tertiary/aromatic N) is 3. The standard InChI is InChI=1S/C28H41N5O4/c1-5-33-14-12-21(13-15-33)36-22-10-11-23(29-18-22)24(34)16-19-6-8-20(9-7-19)30-27(35)31-26-17-25(37-32-26)28(2,3)4/h10-11,17-21H,5-9,12-16H2,1-4H3,(H2,30,31,32,35). The molecule has 2 amide bonds. The van der Waals surface area contributed by atoms with Crippen LogP contribution in [0.25, 0.3) is 0 Å². The minimum Gasteiger partial charge on any atom is -0.489 e. The van der Waals surface area contributed by atoms with Crippen molar-refractivity contribution in [3.05, 3.63) is 35.9 Å². The summed E-state index contributed by atoms with van der Waals surface area (Å²) in [4.78, 5) is 32.0. The number of ether oxygens (including phenoxy) is 1. The topological polar surface area (TPSA) is 110 Å². The third-order valence-corrected chi connectivity index (χ3v) is 7.45. The van der Waals surface area contributed by atoms with Gasteiger partial charge in [-0.2, -0.15) is 0 Å². The van der Waals surface area contributed by atoms with Crippen LogP contribution in [0.4, 0.5) is 10.6 Å². The summed E-state index contributed by atoms with van der Waals surface area (Å²) < 4.78 is 11.4. The molecule has 3 heterocycles. The molecule has 0 unspecified atom stereocenters. The molecule has 0 bridgehead atoms. The van der Waals surface area contributed by atoms with Gasteiger partial charge in [-0.05, 0) is 63.1 Å². The van der Waals surface area contributed by atoms with Crippen LogP contribution in [0.15, 0.2) is 28.9 Å². The van der Waals surface area contributed by atoms with Gasteiger partial charge in [-0.3, -0.25) is 10.1 Å². The number of amides is 2. The van der Waals surface area contributed by atoms with E-state index in [9.17, 15) is 9.59 Å². The molecule has 2 fully saturated rings. The third kappa shape index (κ3) is 7.77. The lowest BCUT2D eigenvalue weighted by Gasteiger charge is -2.31. The van der Waals surface area contributed by atoms with Crippen LogP contribution in [-0.4, -0.2) is 58.6 Å². The fourth-order valence-corrected chi connectivity index (χ4v) is 5.05. The maximum Gasteiger partial charge on any atom is 0.320 e. The quantitative estimate of drug-likeness (QED) is 0.470. The lowest BCUT2D eigenvalue weighted by atomic mass is 9.83. The normalized spacial score (nSPS) is 21.4. The number of pyridine rings is 1. The number of carbonyl (C=O) groups is 2. The molecule has 2 aromatic heterocycles. The van der Waals surface area contributed by atoms with Crippen molar-refractivity contribution in [2.75, 3.05) is 25.0 Å². The largest absolute Gasteiger partial charge is 0.489 e. The molecule has 2 aliphatic rings. The highest BCUT2D eigenvalue weighted by Crippen LogP contribution is 2.29. The lowest BCUT2D eigenvalue weighted by molar-refractivity contribution is 0.0940. The first-order chi connectivity index (χ1) is 17.7. The van der Waals surface area contributed by atoms with E-state index in [0.717, 1.165) is 69.7 Å². The van der Waals surface area contributed by atoms with Gasteiger partial charge in [-0.15, -0.1) is 0 Å². The van der Waals surface area contributed by atoms with Crippen molar-refractivity contribution in [1.29, 1.82) is 0 Å². The van der Waals surface area contributed by atoms with Gasteiger partial charge in [0.1, 0.15) is 23.3 Å². The summed E-state index contributed by atoms with van der Waals surface area (Å²) in [6, 6.07) is 5.20. The molecule has 37 heavy (non-hydrogen) atoms. The molecule has 0 aromatic carbocycles. The summed E-state index contributed by atoms with van der Waals surface area (Å²) >= 11 is 0. The fourth-order valence-electron chi connectivity index (χ4n) is 5.05. The zero-order valence-electron chi connectivity index (χ0n) is 22.6. The van der Waals surface area contributed by atoms with E-state index < -0.39 is 0 Å². The average Bonchev–Trinajstić information content (AvgIpc) is 3.35. The highest BCUT2D eigenvalue weighted by molar-refractivity contribution is 5.94. The number of aromatic nitrogens is 2. The summed E-state index contributed by atoms with van der Waals surface area (Å²) in [6.07, 6.45) is 7.89. The minimum absolute atomic E-state index is 0.0673. The van der Waals surface area contributed by atoms with Crippen LogP contribution in [-0.2, 0) is 5.41 Å². The van der Waals surface area contributed by atoms with Crippen LogP contribution in [0.1, 0.15) is 88.9 Å². The summed E-state index contributed by atoms with van der Waals surface area (Å²) in [5.41, 5.74) is 0.325. The zero-order chi connectivity index (χ0) is 26.4. The second-order valence-corrected chi connectivity index (χ2v) is 11.4. The monoisotopic (exact) mass is 511 g/mol. The third-order valence-electron chi connectivity index (χ3n) is 7.45. The Hall–Kier alpha value is -2.94. The molecule has 2 N–H and O–H groups in total. The Morgan fingerprint density at radius 3 is 2.43 bits per heavy atom. The van der Waals surface area contributed by atoms with Crippen LogP contribution in [0.3, 0.4) is 0 Å². The molecule has 1 saturated carbocycles. The van der Waals surface area contributed by atoms with Crippen molar-refractivity contribution in [1.82, 2.24) is 20.4 Å². The Labute approximate surface area is 219 Å². The van der Waals surface area contributed by atoms with Crippen molar-refractivity contribution in [2.45, 2.75) is 90.2 Å². The number of likely N-dealkylation sites (tertiary alicyclic amines) is 1. The first kappa shape index (κ1) is 27.1. The summed E-state index contributed by atoms with van der Waals surface area (Å²) in [7, 11) is 0. The summed E-state index contributed by atoms with van der Waals surface area (Å²) in [5.74, 6) is 2.24. The van der Waals surface area contributed by atoms with Gasteiger partial charge in [0.15, 0.2) is 11.6 Å². The number of piperidine rings is 1. The smallest absolute Gasteiger partial charge is 0.320 e. The van der Waals surface area contributed by atoms with Gasteiger partial charge in [0.25, 0.3) is 0 Å². The number of carbonyl (C=O) groups excluding carboxylic acids is 2. The second kappa shape index (κ2) is 12.1. The number of hydrogen-bond donors (Lipinski definition) is 2. The molecule has 0 spiro atoms. The Morgan fingerprint density at radius 2 is 1.84 bits per heavy atom. The highest BCUT2D eigenvalue weighted by Gasteiger charge is 2.26. The summed E-state index contributed by atoms with van der Waals surface area (Å²) in [6.45, 7) is 11.5. The molecule has 9 heteroatoms. The number of ketones is 1. The van der Waals surface area contributed by atoms with Gasteiger partial charge in [0.2, 0.25) is 0 Å². The summed E-state index contributed by atoms with van der Waals surface area (Å²) in [5, 5.41) is 9.70. The number of hydrogen-bond acceptors (Lipinski definition) is 7. The van der Waals surface area contributed by atoms with Crippen molar-refractivity contribution in [3.63, 3.8) is 0 Å². The van der Waals surface area contributed by atoms with Gasteiger partial charge in [-0.25, -0.2) is 9.78 Å². The van der Waals surface area contributed by atoms with Crippen LogP contribution in [0.5, 0.6) is 5.75 Å². The molecule has 9 nitrogen and oxygen atoms in total. The van der Waals surface area contributed by atoms with Gasteiger partial charge < -0.3 is 19.5 Å². The molecular weight excluding hydrogens is 470 g/mol. The van der Waals surface area contributed by atoms with Crippen molar-refractivity contribution < 1.29 is 18.8 Å². The molecule has 0 radical (unpaired) electrons. The van der Waals surface area contributed by atoms with Crippen LogP contribution >= 0.6 is 0 Å². The van der Waals surface area contributed by atoms with Crippen molar-refractivity contribution in [3.8, 4) is 5.75 Å². The van der Waals surface area contributed by atoms with Gasteiger partial charge in [0, 0.05) is 37.0 Å². The number of urea groups is 1. The highest BCUT2D eigenvalue weighted by atomic mass is 16.5. The molecule has 202 valence electrons. The Balaban J connectivity index is 1.16. The molecule has 4 rings (SSSR count). The van der Waals surface area contributed by atoms with Crippen molar-refractivity contribution >= 4 is 17.6 Å². The SMILES string of the molecule is CCN1CCC(Oc2ccc(C(=O)CC3CCC(NC(=O)Nc4cc(C(C)(C)C)on4)CC3)nc2)CC1. The number of rotatable bonds is 8. The van der Waals surface area contributed by atoms with E-state index in [1.54, 1.807) is 18.3 Å². The lowest BCUT2D eigenvalue weighted by Crippen LogP contribution is -2.40. The van der Waals surface area contributed by atoms with Gasteiger partial charge in [-0.1, -0.05) is 32.9 Å². The molecular formula is C28H41N5O4. The van der Waals surface area contributed by atoms with E-state index in [0.29, 0.717) is 23.9 Å². The first-order valence-electron chi connectivity index (χ1n) is 13.6. The maximum absolute atomic E-state index is 12.8. The van der Waals surface area contributed by atoms with Gasteiger partial charge >= 0.3 is 6.03 Å². The Kier molecular flexibility index (Phi) is 8.84. The minimum atomic E-state index is -0.282. The Morgan fingerprint density at radius 1 is 1.11 bits per heavy atom. The maximum atomic E-state index is 12.8. The van der Waals surface area contributed by atoms with Crippen molar-refractivity contribution in [2.24, 2.45) is 5.92 Å². The van der Waals surface area contributed by atoms with Gasteiger partial charge in [0.05, 0.1) is 6.20 Å². The Bertz CT molecular complexity index is 1030. The average molecular weight is 512 g/mol. The second-order valence-electron chi connectivity index (χ2n) is 11.4. The predicted octanol–water partition coefficient (Wildman–Crippen LogP) is 5.18. The molecule has 1 aliphatic carbocycles. The number of anilines is 1. The number of nitrogens with one attached hydrogen (secondary N) is 2. The van der Waals surface area contributed by atoms with E-state index in [2.05, 4.69) is 32.6 Å². The van der Waals surface area contributed by atoms with Crippen LogP contribution < -0.4 is 15.4 Å². The fraction of sp³-hybridized carbons (Fsp3) is 0.643. The molecule has 1 saturated heterocycles. The van der Waals surface area contributed by atoms with E-state index in [1.807, 2.05) is 26.8 Å². The van der Waals surface area contributed by atoms with E-state index in [1.165, 1.54) is 0 Å². The van der Waals surface area contributed by atoms with E-state index in [4.69, 9.17) is 9.26 Å².